The number of hydrogen-bond donors (Lipinski definition) is 2. The van der Waals surface area contributed by atoms with Gasteiger partial charge in [-0.2, -0.15) is 17.9 Å². The summed E-state index contributed by atoms with van der Waals surface area (Å²) in [7, 11) is -3.49. The van der Waals surface area contributed by atoms with E-state index in [0.717, 1.165) is 0 Å². The zero-order valence-corrected chi connectivity index (χ0v) is 9.20. The highest BCUT2D eigenvalue weighted by molar-refractivity contribution is 7.87. The van der Waals surface area contributed by atoms with E-state index in [2.05, 4.69) is 15.4 Å². The standard InChI is InChI=1S/C8H16N2O2S/c1-6-7(2)9-13(11,12)10-8(3,4)5/h1,7,9-10H,2-5H3. The van der Waals surface area contributed by atoms with Crippen LogP contribution in [0.3, 0.4) is 0 Å². The highest BCUT2D eigenvalue weighted by atomic mass is 32.2. The van der Waals surface area contributed by atoms with Crippen LogP contribution in [0.2, 0.25) is 0 Å². The molecule has 0 aromatic rings. The topological polar surface area (TPSA) is 58.2 Å². The molecule has 0 spiro atoms. The van der Waals surface area contributed by atoms with Gasteiger partial charge in [-0.1, -0.05) is 5.92 Å². The fourth-order valence-electron chi connectivity index (χ4n) is 0.699. The fourth-order valence-corrected chi connectivity index (χ4v) is 2.10. The number of terminal acetylenes is 1. The van der Waals surface area contributed by atoms with Crippen molar-refractivity contribution in [1.29, 1.82) is 0 Å². The molecule has 1 unspecified atom stereocenters. The summed E-state index contributed by atoms with van der Waals surface area (Å²) >= 11 is 0. The van der Waals surface area contributed by atoms with Crippen molar-refractivity contribution in [1.82, 2.24) is 9.44 Å². The van der Waals surface area contributed by atoms with Crippen molar-refractivity contribution in [2.24, 2.45) is 0 Å². The van der Waals surface area contributed by atoms with Gasteiger partial charge in [-0.25, -0.2) is 0 Å². The number of nitrogens with one attached hydrogen (secondary N) is 2. The molecule has 5 heteroatoms. The van der Waals surface area contributed by atoms with E-state index in [9.17, 15) is 8.42 Å². The van der Waals surface area contributed by atoms with E-state index >= 15 is 0 Å². The summed E-state index contributed by atoms with van der Waals surface area (Å²) in [6.07, 6.45) is 5.04. The molecule has 0 heterocycles. The second kappa shape index (κ2) is 4.09. The first-order valence-corrected chi connectivity index (χ1v) is 5.42. The van der Waals surface area contributed by atoms with Crippen LogP contribution in [-0.4, -0.2) is 20.0 Å². The van der Waals surface area contributed by atoms with E-state index in [-0.39, 0.29) is 0 Å². The Hall–Kier alpha value is -0.570. The Morgan fingerprint density at radius 1 is 1.38 bits per heavy atom. The van der Waals surface area contributed by atoms with Crippen molar-refractivity contribution in [3.8, 4) is 12.3 Å². The monoisotopic (exact) mass is 204 g/mol. The van der Waals surface area contributed by atoms with Gasteiger partial charge in [0.15, 0.2) is 0 Å². The molecule has 0 bridgehead atoms. The fraction of sp³-hybridized carbons (Fsp3) is 0.750. The zero-order chi connectivity index (χ0) is 10.7. The summed E-state index contributed by atoms with van der Waals surface area (Å²) in [6.45, 7) is 6.87. The molecule has 0 rings (SSSR count). The lowest BCUT2D eigenvalue weighted by Gasteiger charge is -2.21. The van der Waals surface area contributed by atoms with E-state index in [0.29, 0.717) is 0 Å². The Morgan fingerprint density at radius 3 is 2.15 bits per heavy atom. The molecule has 0 aromatic carbocycles. The Bertz CT molecular complexity index is 295. The molecule has 0 amide bonds. The van der Waals surface area contributed by atoms with Gasteiger partial charge in [-0.15, -0.1) is 6.42 Å². The highest BCUT2D eigenvalue weighted by Crippen LogP contribution is 2.00. The van der Waals surface area contributed by atoms with Gasteiger partial charge in [0.25, 0.3) is 10.2 Å². The van der Waals surface area contributed by atoms with Crippen LogP contribution < -0.4 is 9.44 Å². The predicted octanol–water partition coefficient (Wildman–Crippen LogP) is 0.231. The first-order chi connectivity index (χ1) is 5.66. The Balaban J connectivity index is 4.38. The van der Waals surface area contributed by atoms with Crippen LogP contribution in [0.25, 0.3) is 0 Å². The predicted molar refractivity (Wildman–Crippen MR) is 53.2 cm³/mol. The zero-order valence-electron chi connectivity index (χ0n) is 8.38. The average molecular weight is 204 g/mol. The molecule has 1 atom stereocenters. The average Bonchev–Trinajstić information content (AvgIpc) is 1.80. The third-order valence-corrected chi connectivity index (χ3v) is 2.57. The van der Waals surface area contributed by atoms with Crippen LogP contribution >= 0.6 is 0 Å². The maximum Gasteiger partial charge on any atom is 0.278 e. The maximum absolute atomic E-state index is 11.3. The van der Waals surface area contributed by atoms with Gasteiger partial charge < -0.3 is 0 Å². The van der Waals surface area contributed by atoms with Crippen molar-refractivity contribution < 1.29 is 8.42 Å². The first kappa shape index (κ1) is 12.4. The minimum Gasteiger partial charge on any atom is -0.197 e. The van der Waals surface area contributed by atoms with Crippen LogP contribution in [-0.2, 0) is 10.2 Å². The van der Waals surface area contributed by atoms with Gasteiger partial charge >= 0.3 is 0 Å². The van der Waals surface area contributed by atoms with Gasteiger partial charge in [0.2, 0.25) is 0 Å². The van der Waals surface area contributed by atoms with Crippen LogP contribution in [0.15, 0.2) is 0 Å². The second-order valence-electron chi connectivity index (χ2n) is 3.86. The largest absolute Gasteiger partial charge is 0.278 e. The van der Waals surface area contributed by atoms with E-state index in [1.807, 2.05) is 0 Å². The molecule has 0 fully saturated rings. The quantitative estimate of drug-likeness (QED) is 0.647. The van der Waals surface area contributed by atoms with Crippen LogP contribution in [0.4, 0.5) is 0 Å². The normalized spacial score (nSPS) is 15.0. The van der Waals surface area contributed by atoms with E-state index in [1.165, 1.54) is 0 Å². The van der Waals surface area contributed by atoms with Crippen molar-refractivity contribution in [2.75, 3.05) is 0 Å². The molecule has 0 aliphatic carbocycles. The molecule has 0 aromatic heterocycles. The highest BCUT2D eigenvalue weighted by Gasteiger charge is 2.20. The molecule has 13 heavy (non-hydrogen) atoms. The molecule has 0 saturated heterocycles. The Labute approximate surface area is 80.3 Å². The molecular formula is C8H16N2O2S. The van der Waals surface area contributed by atoms with E-state index < -0.39 is 21.8 Å². The molecule has 0 saturated carbocycles. The summed E-state index contributed by atoms with van der Waals surface area (Å²) in [5, 5.41) is 0. The van der Waals surface area contributed by atoms with Gasteiger partial charge in [0, 0.05) is 5.54 Å². The maximum atomic E-state index is 11.3. The smallest absolute Gasteiger partial charge is 0.197 e. The summed E-state index contributed by atoms with van der Waals surface area (Å²) in [5.74, 6) is 2.28. The minimum absolute atomic E-state index is 0.500. The Morgan fingerprint density at radius 2 is 1.85 bits per heavy atom. The van der Waals surface area contributed by atoms with E-state index in [1.54, 1.807) is 27.7 Å². The molecule has 2 N–H and O–H groups in total. The second-order valence-corrected chi connectivity index (χ2v) is 5.31. The van der Waals surface area contributed by atoms with Crippen molar-refractivity contribution in [3.05, 3.63) is 0 Å². The van der Waals surface area contributed by atoms with E-state index in [4.69, 9.17) is 6.42 Å². The van der Waals surface area contributed by atoms with Crippen molar-refractivity contribution >= 4 is 10.2 Å². The first-order valence-electron chi connectivity index (χ1n) is 3.93. The Kier molecular flexibility index (Phi) is 3.91. The third-order valence-electron chi connectivity index (χ3n) is 1.02. The van der Waals surface area contributed by atoms with Gasteiger partial charge in [0.05, 0.1) is 6.04 Å². The lowest BCUT2D eigenvalue weighted by molar-refractivity contribution is 0.482. The summed E-state index contributed by atoms with van der Waals surface area (Å²) in [4.78, 5) is 0. The molecule has 0 aliphatic rings. The molecule has 0 aliphatic heterocycles. The van der Waals surface area contributed by atoms with Gasteiger partial charge in [-0.3, -0.25) is 0 Å². The summed E-state index contributed by atoms with van der Waals surface area (Å²) in [5.41, 5.74) is -0.500. The number of hydrogen-bond acceptors (Lipinski definition) is 2. The number of rotatable bonds is 3. The summed E-state index contributed by atoms with van der Waals surface area (Å²) in [6, 6.07) is -0.500. The third kappa shape index (κ3) is 6.58. The molecule has 0 radical (unpaired) electrons. The van der Waals surface area contributed by atoms with Crippen LogP contribution in [0.5, 0.6) is 0 Å². The lowest BCUT2D eigenvalue weighted by atomic mass is 10.1. The van der Waals surface area contributed by atoms with Crippen molar-refractivity contribution in [3.63, 3.8) is 0 Å². The van der Waals surface area contributed by atoms with Crippen LogP contribution in [0, 0.1) is 12.3 Å². The van der Waals surface area contributed by atoms with Crippen molar-refractivity contribution in [2.45, 2.75) is 39.3 Å². The van der Waals surface area contributed by atoms with Crippen LogP contribution in [0.1, 0.15) is 27.7 Å². The van der Waals surface area contributed by atoms with Gasteiger partial charge in [-0.05, 0) is 27.7 Å². The summed E-state index contributed by atoms with van der Waals surface area (Å²) < 4.78 is 27.3. The lowest BCUT2D eigenvalue weighted by Crippen LogP contribution is -2.48. The SMILES string of the molecule is C#CC(C)NS(=O)(=O)NC(C)(C)C. The van der Waals surface area contributed by atoms with Gasteiger partial charge in [0.1, 0.15) is 0 Å². The molecule has 76 valence electrons. The molecular weight excluding hydrogens is 188 g/mol. The minimum atomic E-state index is -3.49. The molecule has 4 nitrogen and oxygen atoms in total.